The van der Waals surface area contributed by atoms with Crippen LogP contribution >= 0.6 is 11.6 Å². The molecule has 0 N–H and O–H groups in total. The minimum absolute atomic E-state index is 0.0842. The molecule has 0 aliphatic carbocycles. The fourth-order valence-electron chi connectivity index (χ4n) is 2.36. The summed E-state index contributed by atoms with van der Waals surface area (Å²) >= 11 is 5.96. The van der Waals surface area contributed by atoms with Crippen molar-refractivity contribution in [3.05, 3.63) is 69.5 Å². The van der Waals surface area contributed by atoms with E-state index in [2.05, 4.69) is 0 Å². The van der Waals surface area contributed by atoms with Gasteiger partial charge < -0.3 is 18.6 Å². The zero-order valence-electron chi connectivity index (χ0n) is 13.9. The number of carbonyl (C=O) groups is 1. The quantitative estimate of drug-likeness (QED) is 0.485. The second-order valence-electron chi connectivity index (χ2n) is 5.33. The highest BCUT2D eigenvalue weighted by atomic mass is 35.5. The van der Waals surface area contributed by atoms with Gasteiger partial charge in [-0.15, -0.1) is 0 Å². The van der Waals surface area contributed by atoms with Crippen molar-refractivity contribution in [3.8, 4) is 11.5 Å². The maximum atomic E-state index is 11.9. The number of methoxy groups -OCH3 is 1. The molecule has 3 rings (SSSR count). The van der Waals surface area contributed by atoms with Crippen LogP contribution in [0.1, 0.15) is 5.56 Å². The van der Waals surface area contributed by atoms with Crippen molar-refractivity contribution in [2.45, 2.75) is 6.61 Å². The van der Waals surface area contributed by atoms with Gasteiger partial charge in [0.25, 0.3) is 0 Å². The maximum absolute atomic E-state index is 11.9. The van der Waals surface area contributed by atoms with E-state index in [0.29, 0.717) is 33.1 Å². The van der Waals surface area contributed by atoms with Crippen molar-refractivity contribution >= 4 is 28.5 Å². The molecule has 0 aliphatic heterocycles. The topological polar surface area (TPSA) is 75.0 Å². The van der Waals surface area contributed by atoms with Crippen LogP contribution in [0.4, 0.5) is 0 Å². The monoisotopic (exact) mass is 374 g/mol. The zero-order chi connectivity index (χ0) is 18.5. The van der Waals surface area contributed by atoms with E-state index >= 15 is 0 Å². The van der Waals surface area contributed by atoms with Crippen LogP contribution < -0.4 is 15.1 Å². The molecule has 3 aromatic rings. The third-order valence-electron chi connectivity index (χ3n) is 3.61. The van der Waals surface area contributed by atoms with E-state index in [1.54, 1.807) is 42.5 Å². The highest BCUT2D eigenvalue weighted by Crippen LogP contribution is 2.24. The standard InChI is InChI=1S/C19H15ClO6/c1-23-13-6-7-14-12(8-18(21)26-17(14)9-13)10-25-19(22)11-24-16-5-3-2-4-15(16)20/h2-9H,10-11H2,1H3. The molecular formula is C19H15ClO6. The van der Waals surface area contributed by atoms with Gasteiger partial charge in [0.2, 0.25) is 0 Å². The van der Waals surface area contributed by atoms with Gasteiger partial charge in [0.05, 0.1) is 12.1 Å². The Bertz CT molecular complexity index is 995. The van der Waals surface area contributed by atoms with Gasteiger partial charge >= 0.3 is 11.6 Å². The maximum Gasteiger partial charge on any atom is 0.344 e. The van der Waals surface area contributed by atoms with Crippen molar-refractivity contribution in [1.29, 1.82) is 0 Å². The first-order valence-corrected chi connectivity index (χ1v) is 8.08. The second-order valence-corrected chi connectivity index (χ2v) is 5.74. The number of halogens is 1. The summed E-state index contributed by atoms with van der Waals surface area (Å²) in [6, 6.07) is 13.2. The van der Waals surface area contributed by atoms with Crippen LogP contribution in [0.25, 0.3) is 11.0 Å². The van der Waals surface area contributed by atoms with Gasteiger partial charge in [-0.2, -0.15) is 0 Å². The molecule has 0 spiro atoms. The molecule has 134 valence electrons. The Morgan fingerprint density at radius 2 is 1.96 bits per heavy atom. The normalized spacial score (nSPS) is 10.5. The molecule has 0 amide bonds. The van der Waals surface area contributed by atoms with Crippen LogP contribution in [0.3, 0.4) is 0 Å². The molecule has 1 aromatic heterocycles. The number of benzene rings is 2. The summed E-state index contributed by atoms with van der Waals surface area (Å²) in [7, 11) is 1.52. The van der Waals surface area contributed by atoms with Crippen molar-refractivity contribution in [2.24, 2.45) is 0 Å². The first-order chi connectivity index (χ1) is 12.6. The minimum atomic E-state index is -0.583. The Balaban J connectivity index is 1.68. The Morgan fingerprint density at radius 3 is 2.73 bits per heavy atom. The lowest BCUT2D eigenvalue weighted by Gasteiger charge is -2.09. The van der Waals surface area contributed by atoms with Crippen molar-refractivity contribution in [2.75, 3.05) is 13.7 Å². The lowest BCUT2D eigenvalue weighted by molar-refractivity contribution is -0.147. The third-order valence-corrected chi connectivity index (χ3v) is 3.92. The van der Waals surface area contributed by atoms with Crippen LogP contribution in [0.15, 0.2) is 57.7 Å². The predicted molar refractivity (Wildman–Crippen MR) is 95.8 cm³/mol. The number of carbonyl (C=O) groups excluding carboxylic acids is 1. The predicted octanol–water partition coefficient (Wildman–Crippen LogP) is 3.58. The average Bonchev–Trinajstić information content (AvgIpc) is 2.64. The van der Waals surface area contributed by atoms with Gasteiger partial charge in [0, 0.05) is 23.1 Å². The van der Waals surface area contributed by atoms with Crippen molar-refractivity contribution in [1.82, 2.24) is 0 Å². The highest BCUT2D eigenvalue weighted by Gasteiger charge is 2.11. The lowest BCUT2D eigenvalue weighted by atomic mass is 10.1. The molecule has 0 aliphatic rings. The van der Waals surface area contributed by atoms with Gasteiger partial charge in [0.15, 0.2) is 6.61 Å². The smallest absolute Gasteiger partial charge is 0.344 e. The average molecular weight is 375 g/mol. The minimum Gasteiger partial charge on any atom is -0.497 e. The van der Waals surface area contributed by atoms with E-state index in [0.717, 1.165) is 0 Å². The number of hydrogen-bond donors (Lipinski definition) is 0. The van der Waals surface area contributed by atoms with E-state index in [4.69, 9.17) is 30.2 Å². The zero-order valence-corrected chi connectivity index (χ0v) is 14.6. The van der Waals surface area contributed by atoms with Gasteiger partial charge in [-0.1, -0.05) is 23.7 Å². The van der Waals surface area contributed by atoms with Crippen LogP contribution in [0, 0.1) is 0 Å². The number of hydrogen-bond acceptors (Lipinski definition) is 6. The summed E-state index contributed by atoms with van der Waals surface area (Å²) in [4.78, 5) is 23.6. The van der Waals surface area contributed by atoms with Crippen LogP contribution in [0.2, 0.25) is 5.02 Å². The molecular weight excluding hydrogens is 360 g/mol. The molecule has 0 radical (unpaired) electrons. The van der Waals surface area contributed by atoms with E-state index in [1.807, 2.05) is 0 Å². The number of esters is 1. The summed E-state index contributed by atoms with van der Waals surface area (Å²) in [5.74, 6) is 0.367. The van der Waals surface area contributed by atoms with Gasteiger partial charge in [-0.05, 0) is 24.3 Å². The van der Waals surface area contributed by atoms with Crippen LogP contribution in [-0.2, 0) is 16.1 Å². The highest BCUT2D eigenvalue weighted by molar-refractivity contribution is 6.32. The summed E-state index contributed by atoms with van der Waals surface area (Å²) in [6.07, 6.45) is 0. The SMILES string of the molecule is COc1ccc2c(COC(=O)COc3ccccc3Cl)cc(=O)oc2c1. The summed E-state index contributed by atoms with van der Waals surface area (Å²) in [5, 5.41) is 1.06. The number of fused-ring (bicyclic) bond motifs is 1. The Hall–Kier alpha value is -2.99. The number of ether oxygens (including phenoxy) is 3. The van der Waals surface area contributed by atoms with Gasteiger partial charge in [-0.25, -0.2) is 9.59 Å². The summed E-state index contributed by atoms with van der Waals surface area (Å²) < 4.78 is 20.8. The van der Waals surface area contributed by atoms with Crippen LogP contribution in [-0.4, -0.2) is 19.7 Å². The Kier molecular flexibility index (Phi) is 5.43. The van der Waals surface area contributed by atoms with Gasteiger partial charge in [0.1, 0.15) is 23.7 Å². The first kappa shape index (κ1) is 17.8. The van der Waals surface area contributed by atoms with E-state index in [1.165, 1.54) is 13.2 Å². The third kappa shape index (κ3) is 4.15. The lowest BCUT2D eigenvalue weighted by Crippen LogP contribution is -2.15. The molecule has 1 heterocycles. The molecule has 26 heavy (non-hydrogen) atoms. The van der Waals surface area contributed by atoms with Crippen molar-refractivity contribution < 1.29 is 23.4 Å². The second kappa shape index (κ2) is 7.93. The molecule has 0 unspecified atom stereocenters. The molecule has 7 heteroatoms. The molecule has 0 atom stereocenters. The van der Waals surface area contributed by atoms with E-state index in [-0.39, 0.29) is 13.2 Å². The molecule has 6 nitrogen and oxygen atoms in total. The fraction of sp³-hybridized carbons (Fsp3) is 0.158. The molecule has 0 bridgehead atoms. The summed E-state index contributed by atoms with van der Waals surface area (Å²) in [5.41, 5.74) is 0.351. The molecule has 2 aromatic carbocycles. The fourth-order valence-corrected chi connectivity index (χ4v) is 2.55. The van der Waals surface area contributed by atoms with Crippen molar-refractivity contribution in [3.63, 3.8) is 0 Å². The number of rotatable bonds is 6. The first-order valence-electron chi connectivity index (χ1n) is 7.70. The Morgan fingerprint density at radius 1 is 1.15 bits per heavy atom. The molecule has 0 fully saturated rings. The molecule has 0 saturated heterocycles. The van der Waals surface area contributed by atoms with E-state index in [9.17, 15) is 9.59 Å². The van der Waals surface area contributed by atoms with Crippen LogP contribution in [0.5, 0.6) is 11.5 Å². The number of para-hydroxylation sites is 1. The Labute approximate surface area is 153 Å². The summed E-state index contributed by atoms with van der Waals surface area (Å²) in [6.45, 7) is -0.379. The van der Waals surface area contributed by atoms with Gasteiger partial charge in [-0.3, -0.25) is 0 Å². The van der Waals surface area contributed by atoms with E-state index < -0.39 is 11.6 Å². The largest absolute Gasteiger partial charge is 0.497 e. The molecule has 0 saturated carbocycles.